The fourth-order valence-electron chi connectivity index (χ4n) is 2.32. The highest BCUT2D eigenvalue weighted by molar-refractivity contribution is 6.54. The van der Waals surface area contributed by atoms with E-state index in [1.54, 1.807) is 6.07 Å². The van der Waals surface area contributed by atoms with Crippen LogP contribution in [0.25, 0.3) is 6.08 Å². The van der Waals surface area contributed by atoms with Crippen molar-refractivity contribution in [3.63, 3.8) is 0 Å². The van der Waals surface area contributed by atoms with Crippen LogP contribution in [0.5, 0.6) is 0 Å². The molecule has 21 heavy (non-hydrogen) atoms. The molecule has 0 spiro atoms. The standard InChI is InChI=1S/C16H21BFNO2/c1-15(2)16(3,4)21-17(20-15)14(18)10-12-6-5-7-13(19-12)11-8-9-11/h5-7,10-11H,8-9H2,1-4H3. The van der Waals surface area contributed by atoms with Gasteiger partial charge in [-0.3, -0.25) is 4.98 Å². The van der Waals surface area contributed by atoms with Crippen molar-refractivity contribution in [2.75, 3.05) is 0 Å². The Morgan fingerprint density at radius 1 is 1.24 bits per heavy atom. The summed E-state index contributed by atoms with van der Waals surface area (Å²) in [6.07, 6.45) is 3.77. The largest absolute Gasteiger partial charge is 0.525 e. The summed E-state index contributed by atoms with van der Waals surface area (Å²) >= 11 is 0. The number of pyridine rings is 1. The van der Waals surface area contributed by atoms with Crippen molar-refractivity contribution in [2.45, 2.75) is 57.7 Å². The van der Waals surface area contributed by atoms with Crippen LogP contribution in [0.4, 0.5) is 4.39 Å². The molecule has 1 aromatic rings. The van der Waals surface area contributed by atoms with Gasteiger partial charge in [-0.25, -0.2) is 4.39 Å². The van der Waals surface area contributed by atoms with Crippen LogP contribution in [0.15, 0.2) is 23.9 Å². The zero-order chi connectivity index (χ0) is 15.3. The molecular formula is C16H21BFNO2. The van der Waals surface area contributed by atoms with Gasteiger partial charge >= 0.3 is 7.12 Å². The van der Waals surface area contributed by atoms with E-state index in [-0.39, 0.29) is 0 Å². The Balaban J connectivity index is 1.79. The van der Waals surface area contributed by atoms with Gasteiger partial charge < -0.3 is 9.31 Å². The van der Waals surface area contributed by atoms with Gasteiger partial charge in [-0.15, -0.1) is 0 Å². The fourth-order valence-corrected chi connectivity index (χ4v) is 2.32. The molecule has 0 aromatic carbocycles. The molecule has 1 aliphatic carbocycles. The third-order valence-electron chi connectivity index (χ3n) is 4.55. The van der Waals surface area contributed by atoms with Gasteiger partial charge in [0.25, 0.3) is 0 Å². The molecule has 1 saturated heterocycles. The molecule has 2 heterocycles. The highest BCUT2D eigenvalue weighted by atomic mass is 19.1. The molecule has 1 saturated carbocycles. The summed E-state index contributed by atoms with van der Waals surface area (Å²) in [5.74, 6) is 0.554. The summed E-state index contributed by atoms with van der Waals surface area (Å²) in [5, 5.41) is 0. The summed E-state index contributed by atoms with van der Waals surface area (Å²) in [6, 6.07) is 5.72. The van der Waals surface area contributed by atoms with E-state index in [1.807, 2.05) is 39.8 Å². The molecule has 1 aromatic heterocycles. The van der Waals surface area contributed by atoms with Crippen molar-refractivity contribution in [3.05, 3.63) is 35.3 Å². The van der Waals surface area contributed by atoms with Gasteiger partial charge in [0, 0.05) is 11.6 Å². The second-order valence-corrected chi connectivity index (χ2v) is 6.88. The molecule has 0 N–H and O–H groups in total. The quantitative estimate of drug-likeness (QED) is 0.791. The van der Waals surface area contributed by atoms with E-state index in [9.17, 15) is 4.39 Å². The smallest absolute Gasteiger partial charge is 0.398 e. The van der Waals surface area contributed by atoms with Crippen LogP contribution in [0, 0.1) is 0 Å². The predicted molar refractivity (Wildman–Crippen MR) is 81.4 cm³/mol. The molecule has 2 fully saturated rings. The van der Waals surface area contributed by atoms with Crippen LogP contribution in [0.1, 0.15) is 57.8 Å². The highest BCUT2D eigenvalue weighted by Crippen LogP contribution is 2.40. The molecule has 0 amide bonds. The van der Waals surface area contributed by atoms with Crippen LogP contribution >= 0.6 is 0 Å². The zero-order valence-corrected chi connectivity index (χ0v) is 13.0. The van der Waals surface area contributed by atoms with Crippen molar-refractivity contribution in [2.24, 2.45) is 0 Å². The first-order valence-corrected chi connectivity index (χ1v) is 7.48. The lowest BCUT2D eigenvalue weighted by Crippen LogP contribution is -2.41. The van der Waals surface area contributed by atoms with Gasteiger partial charge in [-0.1, -0.05) is 6.07 Å². The number of rotatable bonds is 3. The van der Waals surface area contributed by atoms with Gasteiger partial charge in [-0.05, 0) is 58.7 Å². The van der Waals surface area contributed by atoms with Gasteiger partial charge in [0.2, 0.25) is 0 Å². The van der Waals surface area contributed by atoms with Crippen LogP contribution in [0.3, 0.4) is 0 Å². The zero-order valence-electron chi connectivity index (χ0n) is 13.0. The minimum atomic E-state index is -0.957. The van der Waals surface area contributed by atoms with E-state index in [0.717, 1.165) is 5.69 Å². The van der Waals surface area contributed by atoms with Crippen LogP contribution in [-0.2, 0) is 9.31 Å². The fraction of sp³-hybridized carbons (Fsp3) is 0.562. The number of nitrogens with zero attached hydrogens (tertiary/aromatic N) is 1. The minimum absolute atomic E-state index is 0.436. The van der Waals surface area contributed by atoms with Gasteiger partial charge in [0.1, 0.15) is 5.73 Å². The monoisotopic (exact) mass is 289 g/mol. The van der Waals surface area contributed by atoms with Crippen molar-refractivity contribution in [1.29, 1.82) is 0 Å². The summed E-state index contributed by atoms with van der Waals surface area (Å²) in [6.45, 7) is 7.64. The van der Waals surface area contributed by atoms with Gasteiger partial charge in [0.15, 0.2) is 0 Å². The molecule has 2 aliphatic rings. The molecule has 0 atom stereocenters. The number of halogens is 1. The van der Waals surface area contributed by atoms with Crippen molar-refractivity contribution < 1.29 is 13.7 Å². The van der Waals surface area contributed by atoms with E-state index >= 15 is 0 Å². The minimum Gasteiger partial charge on any atom is -0.398 e. The van der Waals surface area contributed by atoms with Crippen molar-refractivity contribution in [3.8, 4) is 0 Å². The third-order valence-corrected chi connectivity index (χ3v) is 4.55. The van der Waals surface area contributed by atoms with Crippen LogP contribution in [0.2, 0.25) is 0 Å². The van der Waals surface area contributed by atoms with Gasteiger partial charge in [-0.2, -0.15) is 0 Å². The molecule has 112 valence electrons. The molecule has 0 bridgehead atoms. The maximum absolute atomic E-state index is 14.4. The lowest BCUT2D eigenvalue weighted by Gasteiger charge is -2.32. The van der Waals surface area contributed by atoms with E-state index in [4.69, 9.17) is 9.31 Å². The highest BCUT2D eigenvalue weighted by Gasteiger charge is 2.53. The molecule has 0 radical (unpaired) electrons. The Labute approximate surface area is 125 Å². The molecule has 0 unspecified atom stereocenters. The Kier molecular flexibility index (Phi) is 3.45. The topological polar surface area (TPSA) is 31.4 Å². The van der Waals surface area contributed by atoms with Crippen LogP contribution < -0.4 is 0 Å². The molecule has 3 rings (SSSR count). The summed E-state index contributed by atoms with van der Waals surface area (Å²) < 4.78 is 25.8. The normalized spacial score (nSPS) is 24.4. The maximum atomic E-state index is 14.4. The van der Waals surface area contributed by atoms with Gasteiger partial charge in [0.05, 0.1) is 16.9 Å². The number of aromatic nitrogens is 1. The Morgan fingerprint density at radius 3 is 2.43 bits per heavy atom. The summed E-state index contributed by atoms with van der Waals surface area (Å²) in [7, 11) is -0.957. The molecule has 3 nitrogen and oxygen atoms in total. The lowest BCUT2D eigenvalue weighted by atomic mass is 9.87. The van der Waals surface area contributed by atoms with E-state index in [2.05, 4.69) is 4.98 Å². The third kappa shape index (κ3) is 2.90. The molecule has 5 heteroatoms. The number of hydrogen-bond acceptors (Lipinski definition) is 3. The first kappa shape index (κ1) is 14.7. The Hall–Kier alpha value is -1.20. The van der Waals surface area contributed by atoms with Crippen molar-refractivity contribution >= 4 is 13.2 Å². The predicted octanol–water partition coefficient (Wildman–Crippen LogP) is 3.90. The summed E-state index contributed by atoms with van der Waals surface area (Å²) in [4.78, 5) is 4.49. The maximum Gasteiger partial charge on any atom is 0.525 e. The second kappa shape index (κ2) is 4.92. The van der Waals surface area contributed by atoms with E-state index in [1.165, 1.54) is 18.9 Å². The van der Waals surface area contributed by atoms with Crippen molar-refractivity contribution in [1.82, 2.24) is 4.98 Å². The average Bonchev–Trinajstić information content (AvgIpc) is 3.18. The first-order valence-electron chi connectivity index (χ1n) is 7.48. The van der Waals surface area contributed by atoms with E-state index < -0.39 is 24.0 Å². The molecule has 1 aliphatic heterocycles. The lowest BCUT2D eigenvalue weighted by molar-refractivity contribution is 0.00578. The Bertz CT molecular complexity index is 565. The number of hydrogen-bond donors (Lipinski definition) is 0. The second-order valence-electron chi connectivity index (χ2n) is 6.88. The first-order chi connectivity index (χ1) is 9.78. The Morgan fingerprint density at radius 2 is 1.86 bits per heavy atom. The summed E-state index contributed by atoms with van der Waals surface area (Å²) in [5.41, 5.74) is 0.157. The van der Waals surface area contributed by atoms with Crippen LogP contribution in [-0.4, -0.2) is 23.3 Å². The van der Waals surface area contributed by atoms with E-state index in [0.29, 0.717) is 11.6 Å². The molecular weight excluding hydrogens is 268 g/mol. The average molecular weight is 289 g/mol. The SMILES string of the molecule is CC1(C)OB(C(F)=Cc2cccc(C3CC3)n2)OC1(C)C.